The molecule has 1 aromatic rings. The first-order chi connectivity index (χ1) is 13.3. The maximum absolute atomic E-state index is 5.99. The first-order valence-electron chi connectivity index (χ1n) is 11.2. The summed E-state index contributed by atoms with van der Waals surface area (Å²) >= 11 is 0. The third kappa shape index (κ3) is 12.7. The Morgan fingerprint density at radius 1 is 0.815 bits per heavy atom. The van der Waals surface area contributed by atoms with Crippen LogP contribution in [0, 0.1) is 0 Å². The molecule has 0 aliphatic carbocycles. The summed E-state index contributed by atoms with van der Waals surface area (Å²) in [7, 11) is 1.69. The molecule has 0 unspecified atom stereocenters. The van der Waals surface area contributed by atoms with Gasteiger partial charge in [-0.05, 0) is 24.1 Å². The summed E-state index contributed by atoms with van der Waals surface area (Å²) in [6.07, 6.45) is 19.8. The minimum Gasteiger partial charge on any atom is -0.497 e. The van der Waals surface area contributed by atoms with Crippen LogP contribution in [-0.2, 0) is 11.3 Å². The maximum Gasteiger partial charge on any atom is 0.118 e. The van der Waals surface area contributed by atoms with Crippen LogP contribution in [0.3, 0.4) is 0 Å². The molecule has 0 aromatic heterocycles. The van der Waals surface area contributed by atoms with Gasteiger partial charge in [0, 0.05) is 0 Å². The lowest BCUT2D eigenvalue weighted by Gasteiger charge is -2.14. The third-order valence-electron chi connectivity index (χ3n) is 5.23. The lowest BCUT2D eigenvalue weighted by atomic mass is 10.0. The molecule has 1 rings (SSSR count). The van der Waals surface area contributed by atoms with Gasteiger partial charge in [-0.25, -0.2) is 0 Å². The van der Waals surface area contributed by atoms with Crippen molar-refractivity contribution in [3.8, 4) is 5.75 Å². The monoisotopic (exact) mass is 374 g/mol. The Kier molecular flexibility index (Phi) is 14.8. The zero-order valence-corrected chi connectivity index (χ0v) is 17.9. The number of hydrogen-bond donors (Lipinski definition) is 0. The van der Waals surface area contributed by atoms with Gasteiger partial charge in [0.25, 0.3) is 0 Å². The molecule has 0 amide bonds. The summed E-state index contributed by atoms with van der Waals surface area (Å²) < 4.78 is 11.2. The lowest BCUT2D eigenvalue weighted by Crippen LogP contribution is -2.09. The standard InChI is InChI=1S/C25H42O2/c1-4-6-7-8-9-10-11-12-13-14-15-16-17-24(5-2)27-22-23-18-20-25(26-3)21-19-23/h5,18-21,24H,2,4,6-17,22H2,1,3H3/t24-/m0/s1. The van der Waals surface area contributed by atoms with Crippen molar-refractivity contribution in [1.29, 1.82) is 0 Å². The fourth-order valence-electron chi connectivity index (χ4n) is 3.38. The molecule has 2 heteroatoms. The van der Waals surface area contributed by atoms with Gasteiger partial charge in [0.15, 0.2) is 0 Å². The highest BCUT2D eigenvalue weighted by Gasteiger charge is 2.05. The van der Waals surface area contributed by atoms with Crippen LogP contribution in [0.4, 0.5) is 0 Å². The molecule has 0 aliphatic heterocycles. The van der Waals surface area contributed by atoms with Gasteiger partial charge in [-0.2, -0.15) is 0 Å². The van der Waals surface area contributed by atoms with E-state index < -0.39 is 0 Å². The summed E-state index contributed by atoms with van der Waals surface area (Å²) in [6, 6.07) is 8.07. The third-order valence-corrected chi connectivity index (χ3v) is 5.23. The van der Waals surface area contributed by atoms with E-state index in [0.29, 0.717) is 6.61 Å². The van der Waals surface area contributed by atoms with Crippen LogP contribution in [0.15, 0.2) is 36.9 Å². The molecule has 0 saturated carbocycles. The van der Waals surface area contributed by atoms with E-state index in [-0.39, 0.29) is 6.10 Å². The lowest BCUT2D eigenvalue weighted by molar-refractivity contribution is 0.0649. The summed E-state index contributed by atoms with van der Waals surface area (Å²) in [4.78, 5) is 0. The smallest absolute Gasteiger partial charge is 0.118 e. The van der Waals surface area contributed by atoms with E-state index in [0.717, 1.165) is 12.2 Å². The molecular formula is C25H42O2. The van der Waals surface area contributed by atoms with Crippen LogP contribution >= 0.6 is 0 Å². The van der Waals surface area contributed by atoms with Crippen LogP contribution in [0.25, 0.3) is 0 Å². The molecule has 2 nitrogen and oxygen atoms in total. The highest BCUT2D eigenvalue weighted by Crippen LogP contribution is 2.16. The minimum atomic E-state index is 0.162. The normalized spacial score (nSPS) is 12.1. The van der Waals surface area contributed by atoms with Gasteiger partial charge in [0.2, 0.25) is 0 Å². The van der Waals surface area contributed by atoms with Gasteiger partial charge < -0.3 is 9.47 Å². The Labute approximate surface area is 168 Å². The van der Waals surface area contributed by atoms with Crippen molar-refractivity contribution in [1.82, 2.24) is 0 Å². The molecule has 0 aliphatic rings. The first-order valence-corrected chi connectivity index (χ1v) is 11.2. The van der Waals surface area contributed by atoms with E-state index in [1.54, 1.807) is 7.11 Å². The van der Waals surface area contributed by atoms with Gasteiger partial charge in [-0.3, -0.25) is 0 Å². The second kappa shape index (κ2) is 16.9. The predicted octanol–water partition coefficient (Wildman–Crippen LogP) is 7.86. The fourth-order valence-corrected chi connectivity index (χ4v) is 3.38. The van der Waals surface area contributed by atoms with E-state index in [4.69, 9.17) is 9.47 Å². The zero-order chi connectivity index (χ0) is 19.6. The summed E-state index contributed by atoms with van der Waals surface area (Å²) in [6.45, 7) is 6.85. The Morgan fingerprint density at radius 2 is 1.33 bits per heavy atom. The number of unbranched alkanes of at least 4 members (excludes halogenated alkanes) is 11. The molecule has 0 heterocycles. The second-order valence-electron chi connectivity index (χ2n) is 7.61. The summed E-state index contributed by atoms with van der Waals surface area (Å²) in [5, 5.41) is 0. The molecule has 0 saturated heterocycles. The van der Waals surface area contributed by atoms with Gasteiger partial charge in [0.05, 0.1) is 19.8 Å². The van der Waals surface area contributed by atoms with E-state index in [9.17, 15) is 0 Å². The van der Waals surface area contributed by atoms with Crippen molar-refractivity contribution in [2.45, 2.75) is 103 Å². The molecule has 0 fully saturated rings. The molecule has 0 spiro atoms. The predicted molar refractivity (Wildman–Crippen MR) is 117 cm³/mol. The molecule has 0 bridgehead atoms. The Balaban J connectivity index is 1.96. The van der Waals surface area contributed by atoms with Crippen LogP contribution in [0.2, 0.25) is 0 Å². The van der Waals surface area contributed by atoms with Crippen LogP contribution in [-0.4, -0.2) is 13.2 Å². The molecule has 27 heavy (non-hydrogen) atoms. The molecule has 1 atom stereocenters. The van der Waals surface area contributed by atoms with Crippen LogP contribution < -0.4 is 4.74 Å². The quantitative estimate of drug-likeness (QED) is 0.192. The van der Waals surface area contributed by atoms with E-state index in [1.165, 1.54) is 82.6 Å². The number of hydrogen-bond acceptors (Lipinski definition) is 2. The number of benzene rings is 1. The maximum atomic E-state index is 5.99. The van der Waals surface area contributed by atoms with Crippen molar-refractivity contribution in [3.05, 3.63) is 42.5 Å². The van der Waals surface area contributed by atoms with Crippen LogP contribution in [0.1, 0.15) is 96.0 Å². The highest BCUT2D eigenvalue weighted by molar-refractivity contribution is 5.26. The second-order valence-corrected chi connectivity index (χ2v) is 7.61. The van der Waals surface area contributed by atoms with Crippen molar-refractivity contribution < 1.29 is 9.47 Å². The largest absolute Gasteiger partial charge is 0.497 e. The van der Waals surface area contributed by atoms with Gasteiger partial charge in [0.1, 0.15) is 5.75 Å². The minimum absolute atomic E-state index is 0.162. The summed E-state index contributed by atoms with van der Waals surface area (Å²) in [5.41, 5.74) is 1.18. The number of ether oxygens (including phenoxy) is 2. The Bertz CT molecular complexity index is 452. The van der Waals surface area contributed by atoms with Gasteiger partial charge >= 0.3 is 0 Å². The van der Waals surface area contributed by atoms with E-state index >= 15 is 0 Å². The molecule has 1 aromatic carbocycles. The first kappa shape index (κ1) is 23.8. The number of rotatable bonds is 18. The van der Waals surface area contributed by atoms with Crippen molar-refractivity contribution in [2.24, 2.45) is 0 Å². The molecule has 0 N–H and O–H groups in total. The topological polar surface area (TPSA) is 18.5 Å². The van der Waals surface area contributed by atoms with E-state index in [1.807, 2.05) is 18.2 Å². The van der Waals surface area contributed by atoms with E-state index in [2.05, 4.69) is 25.6 Å². The Hall–Kier alpha value is -1.28. The van der Waals surface area contributed by atoms with Gasteiger partial charge in [-0.15, -0.1) is 6.58 Å². The van der Waals surface area contributed by atoms with Crippen molar-refractivity contribution >= 4 is 0 Å². The number of methoxy groups -OCH3 is 1. The molecular weight excluding hydrogens is 332 g/mol. The SMILES string of the molecule is C=C[C@@H](CCCCCCCCCCCCCC)OCc1ccc(OC)cc1. The van der Waals surface area contributed by atoms with Crippen molar-refractivity contribution in [2.75, 3.05) is 7.11 Å². The van der Waals surface area contributed by atoms with Crippen molar-refractivity contribution in [3.63, 3.8) is 0 Å². The fraction of sp³-hybridized carbons (Fsp3) is 0.680. The average Bonchev–Trinajstić information content (AvgIpc) is 2.71. The average molecular weight is 375 g/mol. The van der Waals surface area contributed by atoms with Gasteiger partial charge in [-0.1, -0.05) is 102 Å². The highest BCUT2D eigenvalue weighted by atomic mass is 16.5. The molecule has 154 valence electrons. The Morgan fingerprint density at radius 3 is 1.81 bits per heavy atom. The summed E-state index contributed by atoms with van der Waals surface area (Å²) in [5.74, 6) is 0.885. The van der Waals surface area contributed by atoms with Crippen LogP contribution in [0.5, 0.6) is 5.75 Å². The molecule has 0 radical (unpaired) electrons. The zero-order valence-electron chi connectivity index (χ0n) is 17.9.